The van der Waals surface area contributed by atoms with Crippen LogP contribution < -0.4 is 0 Å². The summed E-state index contributed by atoms with van der Waals surface area (Å²) in [5, 5.41) is 3.73. The van der Waals surface area contributed by atoms with Crippen molar-refractivity contribution in [2.24, 2.45) is 5.92 Å². The summed E-state index contributed by atoms with van der Waals surface area (Å²) in [7, 11) is 3.29. The monoisotopic (exact) mass is 197 g/mol. The van der Waals surface area contributed by atoms with Crippen molar-refractivity contribution < 1.29 is 9.32 Å². The molecule has 1 aromatic rings. The third-order valence-corrected chi connectivity index (χ3v) is 1.65. The summed E-state index contributed by atoms with van der Waals surface area (Å²) in [5.41, 5.74) is 0. The predicted molar refractivity (Wildman–Crippen MR) is 50.9 cm³/mol. The molecule has 0 saturated carbocycles. The second kappa shape index (κ2) is 4.21. The van der Waals surface area contributed by atoms with Gasteiger partial charge >= 0.3 is 11.8 Å². The summed E-state index contributed by atoms with van der Waals surface area (Å²) in [6.45, 7) is 4.12. The van der Waals surface area contributed by atoms with Gasteiger partial charge in [-0.2, -0.15) is 4.98 Å². The van der Waals surface area contributed by atoms with Gasteiger partial charge in [0, 0.05) is 20.5 Å². The Bertz CT molecular complexity index is 318. The molecule has 5 nitrogen and oxygen atoms in total. The molecule has 0 atom stereocenters. The maximum Gasteiger partial charge on any atom is 0.316 e. The highest BCUT2D eigenvalue weighted by molar-refractivity contribution is 5.89. The fraction of sp³-hybridized carbons (Fsp3) is 0.667. The molecule has 0 unspecified atom stereocenters. The van der Waals surface area contributed by atoms with E-state index in [2.05, 4.69) is 24.0 Å². The van der Waals surface area contributed by atoms with E-state index in [4.69, 9.17) is 4.52 Å². The van der Waals surface area contributed by atoms with Crippen LogP contribution in [-0.4, -0.2) is 35.0 Å². The van der Waals surface area contributed by atoms with Crippen molar-refractivity contribution in [3.8, 4) is 0 Å². The Kier molecular flexibility index (Phi) is 3.22. The molecular weight excluding hydrogens is 182 g/mol. The lowest BCUT2D eigenvalue weighted by atomic mass is 10.1. The fourth-order valence-electron chi connectivity index (χ4n) is 0.980. The Morgan fingerprint density at radius 2 is 2.14 bits per heavy atom. The average molecular weight is 197 g/mol. The average Bonchev–Trinajstić information content (AvgIpc) is 2.50. The van der Waals surface area contributed by atoms with E-state index < -0.39 is 0 Å². The Labute approximate surface area is 83.1 Å². The minimum absolute atomic E-state index is 0.0608. The summed E-state index contributed by atoms with van der Waals surface area (Å²) in [4.78, 5) is 16.8. The van der Waals surface area contributed by atoms with Gasteiger partial charge in [0.05, 0.1) is 0 Å². The van der Waals surface area contributed by atoms with E-state index in [0.29, 0.717) is 11.7 Å². The van der Waals surface area contributed by atoms with Crippen LogP contribution in [0, 0.1) is 5.92 Å². The van der Waals surface area contributed by atoms with Crippen molar-refractivity contribution in [3.05, 3.63) is 11.7 Å². The summed E-state index contributed by atoms with van der Waals surface area (Å²) in [5.74, 6) is 0.846. The van der Waals surface area contributed by atoms with Crippen molar-refractivity contribution in [2.45, 2.75) is 20.3 Å². The first-order valence-electron chi connectivity index (χ1n) is 4.55. The second-order valence-corrected chi connectivity index (χ2v) is 3.81. The van der Waals surface area contributed by atoms with E-state index in [1.807, 2.05) is 0 Å². The molecule has 0 aliphatic heterocycles. The minimum atomic E-state index is -0.257. The molecule has 1 heterocycles. The van der Waals surface area contributed by atoms with Crippen LogP contribution in [-0.2, 0) is 6.42 Å². The molecule has 0 aliphatic rings. The van der Waals surface area contributed by atoms with Crippen molar-refractivity contribution >= 4 is 5.91 Å². The third kappa shape index (κ3) is 2.55. The van der Waals surface area contributed by atoms with Gasteiger partial charge < -0.3 is 9.42 Å². The summed E-state index contributed by atoms with van der Waals surface area (Å²) in [6, 6.07) is 0. The Hall–Kier alpha value is -1.39. The molecule has 0 aromatic carbocycles. The van der Waals surface area contributed by atoms with Gasteiger partial charge in [-0.1, -0.05) is 19.0 Å². The number of amides is 1. The molecule has 0 spiro atoms. The van der Waals surface area contributed by atoms with Gasteiger partial charge in [0.1, 0.15) is 0 Å². The molecule has 0 N–H and O–H groups in total. The van der Waals surface area contributed by atoms with Crippen molar-refractivity contribution in [3.63, 3.8) is 0 Å². The quantitative estimate of drug-likeness (QED) is 0.724. The van der Waals surface area contributed by atoms with Gasteiger partial charge in [-0.3, -0.25) is 4.79 Å². The topological polar surface area (TPSA) is 59.2 Å². The van der Waals surface area contributed by atoms with Gasteiger partial charge in [-0.15, -0.1) is 0 Å². The van der Waals surface area contributed by atoms with E-state index in [1.165, 1.54) is 4.90 Å². The van der Waals surface area contributed by atoms with Crippen LogP contribution in [0.5, 0.6) is 0 Å². The fourth-order valence-corrected chi connectivity index (χ4v) is 0.980. The van der Waals surface area contributed by atoms with Crippen LogP contribution in [0.25, 0.3) is 0 Å². The summed E-state index contributed by atoms with van der Waals surface area (Å²) < 4.78 is 4.84. The summed E-state index contributed by atoms with van der Waals surface area (Å²) in [6.07, 6.45) is 0.726. The predicted octanol–water partition coefficient (Wildman–Crippen LogP) is 0.970. The normalized spacial score (nSPS) is 10.6. The van der Waals surface area contributed by atoms with Crippen LogP contribution in [0.15, 0.2) is 4.52 Å². The van der Waals surface area contributed by atoms with Gasteiger partial charge in [-0.25, -0.2) is 0 Å². The molecule has 0 bridgehead atoms. The van der Waals surface area contributed by atoms with Gasteiger partial charge in [0.15, 0.2) is 5.82 Å². The lowest BCUT2D eigenvalue weighted by Gasteiger charge is -2.04. The van der Waals surface area contributed by atoms with Crippen molar-refractivity contribution in [1.82, 2.24) is 15.0 Å². The number of nitrogens with zero attached hydrogens (tertiary/aromatic N) is 3. The van der Waals surface area contributed by atoms with E-state index in [-0.39, 0.29) is 11.8 Å². The smallest absolute Gasteiger partial charge is 0.316 e. The van der Waals surface area contributed by atoms with E-state index in [9.17, 15) is 4.79 Å². The highest BCUT2D eigenvalue weighted by Gasteiger charge is 2.16. The first kappa shape index (κ1) is 10.7. The molecule has 0 aliphatic carbocycles. The zero-order valence-electron chi connectivity index (χ0n) is 8.94. The number of carbonyl (C=O) groups is 1. The van der Waals surface area contributed by atoms with Gasteiger partial charge in [0.25, 0.3) is 0 Å². The molecule has 78 valence electrons. The molecular formula is C9H15N3O2. The highest BCUT2D eigenvalue weighted by atomic mass is 16.5. The Balaban J connectivity index is 2.73. The minimum Gasteiger partial charge on any atom is -0.341 e. The van der Waals surface area contributed by atoms with E-state index in [1.54, 1.807) is 14.1 Å². The molecule has 0 radical (unpaired) electrons. The first-order chi connectivity index (χ1) is 6.50. The van der Waals surface area contributed by atoms with Crippen LogP contribution in [0.2, 0.25) is 0 Å². The highest BCUT2D eigenvalue weighted by Crippen LogP contribution is 2.05. The third-order valence-electron chi connectivity index (χ3n) is 1.65. The van der Waals surface area contributed by atoms with E-state index in [0.717, 1.165) is 6.42 Å². The van der Waals surface area contributed by atoms with Crippen LogP contribution in [0.4, 0.5) is 0 Å². The maximum atomic E-state index is 11.4. The lowest BCUT2D eigenvalue weighted by Crippen LogP contribution is -2.22. The molecule has 5 heteroatoms. The number of aromatic nitrogens is 2. The van der Waals surface area contributed by atoms with Crippen molar-refractivity contribution in [2.75, 3.05) is 14.1 Å². The first-order valence-corrected chi connectivity index (χ1v) is 4.55. The molecule has 0 saturated heterocycles. The van der Waals surface area contributed by atoms with Gasteiger partial charge in [0.2, 0.25) is 0 Å². The van der Waals surface area contributed by atoms with Crippen LogP contribution in [0.3, 0.4) is 0 Å². The molecule has 1 amide bonds. The zero-order valence-corrected chi connectivity index (χ0v) is 8.94. The molecule has 14 heavy (non-hydrogen) atoms. The number of rotatable bonds is 3. The molecule has 1 aromatic heterocycles. The number of hydrogen-bond acceptors (Lipinski definition) is 4. The largest absolute Gasteiger partial charge is 0.341 e. The summed E-state index contributed by atoms with van der Waals surface area (Å²) >= 11 is 0. The number of hydrogen-bond donors (Lipinski definition) is 0. The zero-order chi connectivity index (χ0) is 10.7. The number of carbonyl (C=O) groups excluding carboxylic acids is 1. The Morgan fingerprint density at radius 1 is 1.50 bits per heavy atom. The van der Waals surface area contributed by atoms with Gasteiger partial charge in [-0.05, 0) is 5.92 Å². The van der Waals surface area contributed by atoms with Crippen LogP contribution >= 0.6 is 0 Å². The SMILES string of the molecule is CC(C)Cc1noc(C(=O)N(C)C)n1. The van der Waals surface area contributed by atoms with Crippen LogP contribution in [0.1, 0.15) is 30.4 Å². The lowest BCUT2D eigenvalue weighted by molar-refractivity contribution is 0.0779. The molecule has 0 fully saturated rings. The van der Waals surface area contributed by atoms with E-state index >= 15 is 0 Å². The van der Waals surface area contributed by atoms with Crippen molar-refractivity contribution in [1.29, 1.82) is 0 Å². The molecule has 1 rings (SSSR count). The second-order valence-electron chi connectivity index (χ2n) is 3.81. The standard InChI is InChI=1S/C9H15N3O2/c1-6(2)5-7-10-8(14-11-7)9(13)12(3)4/h6H,5H2,1-4H3. The maximum absolute atomic E-state index is 11.4. The Morgan fingerprint density at radius 3 is 2.64 bits per heavy atom.